The van der Waals surface area contributed by atoms with E-state index in [1.165, 1.54) is 0 Å². The summed E-state index contributed by atoms with van der Waals surface area (Å²) < 4.78 is 5.84. The van der Waals surface area contributed by atoms with E-state index in [1.54, 1.807) is 0 Å². The lowest BCUT2D eigenvalue weighted by Gasteiger charge is -2.69. The lowest BCUT2D eigenvalue weighted by atomic mass is 8.84. The summed E-state index contributed by atoms with van der Waals surface area (Å²) in [5, 5.41) is -1.36. The van der Waals surface area contributed by atoms with Gasteiger partial charge in [-0.3, -0.25) is 4.90 Å². The summed E-state index contributed by atoms with van der Waals surface area (Å²) in [7, 11) is 11.4. The molecule has 1 aliphatic heterocycles. The van der Waals surface area contributed by atoms with Crippen LogP contribution in [0.25, 0.3) is 0 Å². The van der Waals surface area contributed by atoms with E-state index in [9.17, 15) is 9.59 Å². The largest absolute Gasteiger partial charge is 0.444 e. The number of piperidine rings is 1. The number of likely N-dealkylation sites (tertiary alicyclic amines) is 1. The molecule has 0 bridgehead atoms. The van der Waals surface area contributed by atoms with Crippen molar-refractivity contribution in [2.45, 2.75) is 82.6 Å². The number of nitrogens with zero attached hydrogens (tertiary/aromatic N) is 1. The van der Waals surface area contributed by atoms with Gasteiger partial charge in [-0.1, -0.05) is 6.92 Å². The Morgan fingerprint density at radius 2 is 1.52 bits per heavy atom. The van der Waals surface area contributed by atoms with E-state index >= 15 is 0 Å². The summed E-state index contributed by atoms with van der Waals surface area (Å²) in [6.07, 6.45) is -0.341. The second-order valence-corrected chi connectivity index (χ2v) is 11.2. The first kappa shape index (κ1) is 24.5. The molecule has 1 heterocycles. The van der Waals surface area contributed by atoms with Crippen LogP contribution < -0.4 is 0 Å². The Morgan fingerprint density at radius 3 is 1.85 bits per heavy atom. The molecule has 4 nitrogen and oxygen atoms in total. The molecule has 0 aliphatic carbocycles. The SMILES string of the molecule is BBB(B)C1(B(B)B)C(=O)C(B)(C)C(C)(C)N(C(=O)OC(C)(C)C)C1(C)C. The zero-order valence-electron chi connectivity index (χ0n) is 20.0. The molecule has 142 valence electrons. The van der Waals surface area contributed by atoms with Gasteiger partial charge in [-0.15, -0.1) is 0 Å². The van der Waals surface area contributed by atoms with Crippen molar-refractivity contribution >= 4 is 70.7 Å². The predicted molar refractivity (Wildman–Crippen MR) is 134 cm³/mol. The van der Waals surface area contributed by atoms with Crippen molar-refractivity contribution in [2.75, 3.05) is 0 Å². The Hall–Kier alpha value is -0.541. The number of Topliss-reactive ketones (excluding diaryl/α,β-unsaturated/α-hetero) is 1. The molecule has 0 spiro atoms. The van der Waals surface area contributed by atoms with Gasteiger partial charge in [0.05, 0.1) is 43.9 Å². The smallest absolute Gasteiger partial charge is 0.411 e. The van der Waals surface area contributed by atoms with Gasteiger partial charge in [0.2, 0.25) is 0 Å². The van der Waals surface area contributed by atoms with Gasteiger partial charge in [0.1, 0.15) is 19.2 Å². The molecule has 0 aromatic heterocycles. The highest BCUT2D eigenvalue weighted by Crippen LogP contribution is 2.62. The highest BCUT2D eigenvalue weighted by molar-refractivity contribution is 7.53. The summed E-state index contributed by atoms with van der Waals surface area (Å²) in [5.74, 6) is 0.258. The second-order valence-electron chi connectivity index (χ2n) is 11.2. The van der Waals surface area contributed by atoms with Crippen LogP contribution >= 0.6 is 0 Å². The maximum absolute atomic E-state index is 14.1. The zero-order chi connectivity index (χ0) is 21.8. The number of hydrogen-bond donors (Lipinski definition) is 0. The van der Waals surface area contributed by atoms with Crippen LogP contribution in [-0.2, 0) is 9.53 Å². The number of carbonyl (C=O) groups is 2. The van der Waals surface area contributed by atoms with Gasteiger partial charge >= 0.3 is 6.09 Å². The number of ketones is 1. The van der Waals surface area contributed by atoms with E-state index in [1.807, 2.05) is 54.3 Å². The molecule has 27 heavy (non-hydrogen) atoms. The predicted octanol–water partition coefficient (Wildman–Crippen LogP) is -2.68. The molecule has 1 aliphatic rings. The minimum atomic E-state index is -0.701. The molecule has 1 amide bonds. The van der Waals surface area contributed by atoms with E-state index in [0.29, 0.717) is 0 Å². The van der Waals surface area contributed by atoms with Crippen LogP contribution in [0, 0.1) is 0 Å². The van der Waals surface area contributed by atoms with E-state index in [2.05, 4.69) is 44.8 Å². The third-order valence-electron chi connectivity index (χ3n) is 7.48. The van der Waals surface area contributed by atoms with E-state index in [-0.39, 0.29) is 24.9 Å². The summed E-state index contributed by atoms with van der Waals surface area (Å²) in [6.45, 7) is 16.0. The number of hydrogen-bond acceptors (Lipinski definition) is 3. The van der Waals surface area contributed by atoms with Gasteiger partial charge < -0.3 is 9.53 Å². The van der Waals surface area contributed by atoms with Crippen molar-refractivity contribution in [3.05, 3.63) is 0 Å². The highest BCUT2D eigenvalue weighted by Gasteiger charge is 2.71. The van der Waals surface area contributed by atoms with Gasteiger partial charge in [-0.25, -0.2) is 4.79 Å². The molecule has 2 unspecified atom stereocenters. The number of ether oxygens (including phenoxy) is 1. The Bertz CT molecular complexity index is 617. The first-order chi connectivity index (χ1) is 11.8. The fourth-order valence-electron chi connectivity index (χ4n) is 5.69. The average molecular weight is 364 g/mol. The lowest BCUT2D eigenvalue weighted by Crippen LogP contribution is -2.81. The number of carbonyl (C=O) groups excluding carboxylic acids is 2. The fourth-order valence-corrected chi connectivity index (χ4v) is 5.69. The molecular formula is C15H35B8NO3. The molecule has 0 N–H and O–H groups in total. The van der Waals surface area contributed by atoms with Crippen LogP contribution in [0.2, 0.25) is 10.5 Å². The standard InChI is InChI=1S/C15H35B8NO3/c1-11(2,3)27-10(26)24-12(4,5)14(8,16)9(25)15(22(18)19,13(24,6)7)23(20)21-17/h21H,16-20H2,1-8H3. The molecule has 0 radical (unpaired) electrons. The normalized spacial score (nSPS) is 29.8. The summed E-state index contributed by atoms with van der Waals surface area (Å²) in [4.78, 5) is 29.4. The van der Waals surface area contributed by atoms with E-state index in [0.717, 1.165) is 7.06 Å². The van der Waals surface area contributed by atoms with E-state index in [4.69, 9.17) is 4.74 Å². The van der Waals surface area contributed by atoms with Crippen LogP contribution in [0.5, 0.6) is 0 Å². The molecule has 2 atom stereocenters. The van der Waals surface area contributed by atoms with Crippen LogP contribution in [0.4, 0.5) is 4.79 Å². The minimum absolute atomic E-state index is 0.0928. The molecule has 1 saturated heterocycles. The van der Waals surface area contributed by atoms with Crippen LogP contribution in [0.15, 0.2) is 0 Å². The Balaban J connectivity index is 3.86. The number of amides is 1. The summed E-state index contributed by atoms with van der Waals surface area (Å²) >= 11 is 0. The molecule has 12 heteroatoms. The first-order valence-electron chi connectivity index (χ1n) is 10.4. The third-order valence-corrected chi connectivity index (χ3v) is 7.48. The van der Waals surface area contributed by atoms with Crippen molar-refractivity contribution in [2.24, 2.45) is 0 Å². The van der Waals surface area contributed by atoms with E-state index < -0.39 is 27.2 Å². The maximum atomic E-state index is 14.1. The lowest BCUT2D eigenvalue weighted by molar-refractivity contribution is -0.141. The molecule has 0 aromatic rings. The van der Waals surface area contributed by atoms with Gasteiger partial charge in [-0.2, -0.15) is 0 Å². The molecule has 0 saturated carbocycles. The van der Waals surface area contributed by atoms with Crippen molar-refractivity contribution in [3.63, 3.8) is 0 Å². The second kappa shape index (κ2) is 7.06. The van der Waals surface area contributed by atoms with Gasteiger partial charge in [0.25, 0.3) is 0 Å². The number of rotatable bonds is 3. The fraction of sp³-hybridized carbons (Fsp3) is 0.867. The minimum Gasteiger partial charge on any atom is -0.444 e. The van der Waals surface area contributed by atoms with Crippen LogP contribution in [0.3, 0.4) is 0 Å². The molecule has 1 fully saturated rings. The Morgan fingerprint density at radius 1 is 1.07 bits per heavy atom. The average Bonchev–Trinajstić information content (AvgIpc) is 2.42. The highest BCUT2D eigenvalue weighted by atomic mass is 16.6. The van der Waals surface area contributed by atoms with Crippen LogP contribution in [-0.4, -0.2) is 92.3 Å². The monoisotopic (exact) mass is 365 g/mol. The maximum Gasteiger partial charge on any atom is 0.411 e. The Labute approximate surface area is 172 Å². The molecule has 0 aromatic carbocycles. The molecule has 1 rings (SSSR count). The van der Waals surface area contributed by atoms with Crippen molar-refractivity contribution in [1.29, 1.82) is 0 Å². The third kappa shape index (κ3) is 3.37. The summed E-state index contributed by atoms with van der Waals surface area (Å²) in [6, 6.07) is 0. The zero-order valence-corrected chi connectivity index (χ0v) is 20.0. The van der Waals surface area contributed by atoms with Crippen LogP contribution in [0.1, 0.15) is 55.4 Å². The molecular weight excluding hydrogens is 329 g/mol. The Kier molecular flexibility index (Phi) is 6.40. The van der Waals surface area contributed by atoms with Gasteiger partial charge in [0, 0.05) is 23.5 Å². The van der Waals surface area contributed by atoms with Crippen molar-refractivity contribution in [3.8, 4) is 0 Å². The van der Waals surface area contributed by atoms with Gasteiger partial charge in [0.15, 0.2) is 0 Å². The van der Waals surface area contributed by atoms with Crippen molar-refractivity contribution < 1.29 is 14.3 Å². The quantitative estimate of drug-likeness (QED) is 0.513. The summed E-state index contributed by atoms with van der Waals surface area (Å²) in [5.41, 5.74) is -1.96. The van der Waals surface area contributed by atoms with Crippen molar-refractivity contribution in [1.82, 2.24) is 4.90 Å². The first-order valence-corrected chi connectivity index (χ1v) is 10.4. The van der Waals surface area contributed by atoms with Gasteiger partial charge in [-0.05, 0) is 53.7 Å². The topological polar surface area (TPSA) is 46.6 Å².